The van der Waals surface area contributed by atoms with E-state index >= 15 is 0 Å². The number of benzene rings is 1. The molecular formula is C11H11ClN2O3. The van der Waals surface area contributed by atoms with Crippen LogP contribution in [0.15, 0.2) is 30.7 Å². The first-order chi connectivity index (χ1) is 7.66. The summed E-state index contributed by atoms with van der Waals surface area (Å²) in [6, 6.07) is 4.52. The lowest BCUT2D eigenvalue weighted by Gasteiger charge is -2.03. The van der Waals surface area contributed by atoms with Crippen LogP contribution in [-0.2, 0) is 6.42 Å². The van der Waals surface area contributed by atoms with Gasteiger partial charge in [-0.15, -0.1) is 12.4 Å². The van der Waals surface area contributed by atoms with Crippen LogP contribution in [0.1, 0.15) is 21.6 Å². The Labute approximate surface area is 104 Å². The van der Waals surface area contributed by atoms with Crippen molar-refractivity contribution in [2.75, 3.05) is 0 Å². The highest BCUT2D eigenvalue weighted by molar-refractivity contribution is 5.90. The van der Waals surface area contributed by atoms with Crippen LogP contribution in [0.2, 0.25) is 0 Å². The van der Waals surface area contributed by atoms with Gasteiger partial charge in [0, 0.05) is 18.3 Å². The number of phenols is 1. The summed E-state index contributed by atoms with van der Waals surface area (Å²) in [6.45, 7) is 0. The SMILES string of the molecule is Cl.O=C(O)c1cc(Cc2cnc[nH]2)ccc1O. The molecular weight excluding hydrogens is 244 g/mol. The second-order valence-electron chi connectivity index (χ2n) is 3.41. The van der Waals surface area contributed by atoms with Gasteiger partial charge in [0.05, 0.1) is 6.33 Å². The molecule has 5 nitrogen and oxygen atoms in total. The van der Waals surface area contributed by atoms with Crippen LogP contribution in [0.3, 0.4) is 0 Å². The average Bonchev–Trinajstić information content (AvgIpc) is 2.73. The minimum absolute atomic E-state index is 0. The molecule has 90 valence electrons. The molecule has 0 aliphatic carbocycles. The van der Waals surface area contributed by atoms with Gasteiger partial charge in [-0.05, 0) is 17.7 Å². The molecule has 1 heterocycles. The lowest BCUT2D eigenvalue weighted by Crippen LogP contribution is -1.99. The molecule has 0 fully saturated rings. The molecule has 2 aromatic rings. The molecule has 6 heteroatoms. The molecule has 0 amide bonds. The number of hydrogen-bond acceptors (Lipinski definition) is 3. The molecule has 2 rings (SSSR count). The van der Waals surface area contributed by atoms with Crippen molar-refractivity contribution in [1.82, 2.24) is 9.97 Å². The number of nitrogens with zero attached hydrogens (tertiary/aromatic N) is 1. The minimum Gasteiger partial charge on any atom is -0.507 e. The summed E-state index contributed by atoms with van der Waals surface area (Å²) in [5.74, 6) is -1.36. The highest BCUT2D eigenvalue weighted by atomic mass is 35.5. The quantitative estimate of drug-likeness (QED) is 0.780. The van der Waals surface area contributed by atoms with E-state index in [4.69, 9.17) is 5.11 Å². The van der Waals surface area contributed by atoms with E-state index in [9.17, 15) is 9.90 Å². The molecule has 17 heavy (non-hydrogen) atoms. The summed E-state index contributed by atoms with van der Waals surface area (Å²) < 4.78 is 0. The van der Waals surface area contributed by atoms with Crippen LogP contribution in [-0.4, -0.2) is 26.2 Å². The summed E-state index contributed by atoms with van der Waals surface area (Å²) in [5.41, 5.74) is 1.61. The highest BCUT2D eigenvalue weighted by Crippen LogP contribution is 2.19. The molecule has 1 aromatic heterocycles. The average molecular weight is 255 g/mol. The summed E-state index contributed by atoms with van der Waals surface area (Å²) in [4.78, 5) is 17.6. The minimum atomic E-state index is -1.14. The summed E-state index contributed by atoms with van der Waals surface area (Å²) in [7, 11) is 0. The van der Waals surface area contributed by atoms with Crippen LogP contribution >= 0.6 is 12.4 Å². The van der Waals surface area contributed by atoms with E-state index in [1.165, 1.54) is 12.1 Å². The number of aromatic amines is 1. The maximum atomic E-state index is 10.8. The lowest BCUT2D eigenvalue weighted by molar-refractivity contribution is 0.0693. The summed E-state index contributed by atoms with van der Waals surface area (Å²) in [5, 5.41) is 18.2. The molecule has 0 atom stereocenters. The lowest BCUT2D eigenvalue weighted by atomic mass is 10.1. The van der Waals surface area contributed by atoms with Gasteiger partial charge in [-0.2, -0.15) is 0 Å². The molecule has 0 saturated carbocycles. The van der Waals surface area contributed by atoms with Crippen molar-refractivity contribution < 1.29 is 15.0 Å². The summed E-state index contributed by atoms with van der Waals surface area (Å²) >= 11 is 0. The number of aromatic carboxylic acids is 1. The fourth-order valence-corrected chi connectivity index (χ4v) is 1.47. The molecule has 0 aliphatic heterocycles. The fourth-order valence-electron chi connectivity index (χ4n) is 1.47. The third-order valence-corrected chi connectivity index (χ3v) is 2.24. The number of rotatable bonds is 3. The number of H-pyrrole nitrogens is 1. The normalized spacial score (nSPS) is 9.65. The molecule has 0 bridgehead atoms. The summed E-state index contributed by atoms with van der Waals surface area (Å²) in [6.07, 6.45) is 3.79. The first kappa shape index (κ1) is 13.1. The predicted molar refractivity (Wildman–Crippen MR) is 63.7 cm³/mol. The molecule has 0 spiro atoms. The van der Waals surface area contributed by atoms with Gasteiger partial charge >= 0.3 is 5.97 Å². The van der Waals surface area contributed by atoms with Crippen LogP contribution in [0.4, 0.5) is 0 Å². The van der Waals surface area contributed by atoms with Gasteiger partial charge < -0.3 is 15.2 Å². The van der Waals surface area contributed by atoms with Gasteiger partial charge in [0.25, 0.3) is 0 Å². The molecule has 3 N–H and O–H groups in total. The van der Waals surface area contributed by atoms with Gasteiger partial charge in [0.1, 0.15) is 11.3 Å². The van der Waals surface area contributed by atoms with Crippen molar-refractivity contribution in [2.24, 2.45) is 0 Å². The van der Waals surface area contributed by atoms with E-state index in [0.717, 1.165) is 11.3 Å². The Hall–Kier alpha value is -2.01. The van der Waals surface area contributed by atoms with Crippen molar-refractivity contribution in [1.29, 1.82) is 0 Å². The Morgan fingerprint density at radius 2 is 2.18 bits per heavy atom. The Morgan fingerprint density at radius 1 is 1.41 bits per heavy atom. The van der Waals surface area contributed by atoms with Crippen molar-refractivity contribution in [2.45, 2.75) is 6.42 Å². The van der Waals surface area contributed by atoms with Crippen molar-refractivity contribution in [3.8, 4) is 5.75 Å². The van der Waals surface area contributed by atoms with Crippen LogP contribution < -0.4 is 0 Å². The molecule has 0 unspecified atom stereocenters. The van der Waals surface area contributed by atoms with Gasteiger partial charge in [-0.1, -0.05) is 6.07 Å². The number of carboxylic acid groups (broad SMARTS) is 1. The zero-order valence-electron chi connectivity index (χ0n) is 8.75. The van der Waals surface area contributed by atoms with Crippen molar-refractivity contribution in [3.05, 3.63) is 47.5 Å². The third-order valence-electron chi connectivity index (χ3n) is 2.24. The first-order valence-electron chi connectivity index (χ1n) is 4.69. The number of aromatic nitrogens is 2. The molecule has 0 saturated heterocycles. The zero-order chi connectivity index (χ0) is 11.5. The number of hydrogen-bond donors (Lipinski definition) is 3. The van der Waals surface area contributed by atoms with Crippen LogP contribution in [0.5, 0.6) is 5.75 Å². The highest BCUT2D eigenvalue weighted by Gasteiger charge is 2.10. The maximum Gasteiger partial charge on any atom is 0.339 e. The number of aromatic hydroxyl groups is 1. The van der Waals surface area contributed by atoms with Gasteiger partial charge in [0.2, 0.25) is 0 Å². The largest absolute Gasteiger partial charge is 0.507 e. The number of carboxylic acids is 1. The second kappa shape index (κ2) is 5.36. The van der Waals surface area contributed by atoms with E-state index in [2.05, 4.69) is 9.97 Å². The van der Waals surface area contributed by atoms with Crippen molar-refractivity contribution >= 4 is 18.4 Å². The smallest absolute Gasteiger partial charge is 0.339 e. The second-order valence-corrected chi connectivity index (χ2v) is 3.41. The topological polar surface area (TPSA) is 86.2 Å². The van der Waals surface area contributed by atoms with E-state index in [0.29, 0.717) is 6.42 Å². The number of nitrogens with one attached hydrogen (secondary N) is 1. The van der Waals surface area contributed by atoms with Crippen molar-refractivity contribution in [3.63, 3.8) is 0 Å². The van der Waals surface area contributed by atoms with Gasteiger partial charge in [-0.3, -0.25) is 0 Å². The first-order valence-corrected chi connectivity index (χ1v) is 4.69. The predicted octanol–water partition coefficient (Wildman–Crippen LogP) is 1.83. The van der Waals surface area contributed by atoms with E-state index in [-0.39, 0.29) is 23.7 Å². The van der Waals surface area contributed by atoms with E-state index in [1.807, 2.05) is 0 Å². The van der Waals surface area contributed by atoms with Crippen LogP contribution in [0.25, 0.3) is 0 Å². The Morgan fingerprint density at radius 3 is 2.76 bits per heavy atom. The van der Waals surface area contributed by atoms with E-state index < -0.39 is 5.97 Å². The number of halogens is 1. The van der Waals surface area contributed by atoms with Gasteiger partial charge in [-0.25, -0.2) is 9.78 Å². The standard InChI is InChI=1S/C11H10N2O3.ClH/c14-10-2-1-7(4-9(10)11(15)16)3-8-5-12-6-13-8;/h1-2,4-6,14H,3H2,(H,12,13)(H,15,16);1H. The zero-order valence-corrected chi connectivity index (χ0v) is 9.57. The molecule has 0 radical (unpaired) electrons. The van der Waals surface area contributed by atoms with Crippen LogP contribution in [0, 0.1) is 0 Å². The molecule has 1 aromatic carbocycles. The Kier molecular flexibility index (Phi) is 4.12. The van der Waals surface area contributed by atoms with Gasteiger partial charge in [0.15, 0.2) is 0 Å². The Bertz CT molecular complexity index is 511. The van der Waals surface area contributed by atoms with E-state index in [1.54, 1.807) is 18.6 Å². The monoisotopic (exact) mass is 254 g/mol. The maximum absolute atomic E-state index is 10.8. The number of imidazole rings is 1. The Balaban J connectivity index is 0.00000144. The fraction of sp³-hybridized carbons (Fsp3) is 0.0909. The molecule has 0 aliphatic rings. The third kappa shape index (κ3) is 2.98. The number of carbonyl (C=O) groups is 1.